The van der Waals surface area contributed by atoms with Gasteiger partial charge in [-0.15, -0.1) is 6.58 Å². The van der Waals surface area contributed by atoms with Crippen molar-refractivity contribution >= 4 is 29.2 Å². The van der Waals surface area contributed by atoms with Gasteiger partial charge in [0.2, 0.25) is 5.91 Å². The van der Waals surface area contributed by atoms with Gasteiger partial charge in [0.15, 0.2) is 0 Å². The highest BCUT2D eigenvalue weighted by atomic mass is 16.2. The van der Waals surface area contributed by atoms with Crippen molar-refractivity contribution < 1.29 is 14.4 Å². The first-order chi connectivity index (χ1) is 13.9. The molecule has 0 bridgehead atoms. The zero-order chi connectivity index (χ0) is 21.0. The third-order valence-corrected chi connectivity index (χ3v) is 4.96. The van der Waals surface area contributed by atoms with E-state index in [4.69, 9.17) is 0 Å². The number of benzene rings is 2. The second-order valence-electron chi connectivity index (χ2n) is 7.05. The number of carbonyl (C=O) groups excluding carboxylic acids is 3. The quantitative estimate of drug-likeness (QED) is 0.575. The average molecular weight is 391 g/mol. The van der Waals surface area contributed by atoms with Gasteiger partial charge in [-0.05, 0) is 43.2 Å². The Morgan fingerprint density at radius 1 is 1.10 bits per heavy atom. The van der Waals surface area contributed by atoms with E-state index in [1.54, 1.807) is 18.2 Å². The highest BCUT2D eigenvalue weighted by molar-refractivity contribution is 6.22. The smallest absolute Gasteiger partial charge is 0.326 e. The molecule has 0 unspecified atom stereocenters. The van der Waals surface area contributed by atoms with Crippen LogP contribution in [0.1, 0.15) is 24.5 Å². The Bertz CT molecular complexity index is 919. The SMILES string of the molecule is C=CCN1C(=O)N(c2ccc(C)cc2)C(=O)[C@H]1CC(=O)Nc1ccc(CC)cc1. The summed E-state index contributed by atoms with van der Waals surface area (Å²) < 4.78 is 0. The van der Waals surface area contributed by atoms with E-state index in [1.807, 2.05) is 43.3 Å². The van der Waals surface area contributed by atoms with E-state index < -0.39 is 18.0 Å². The molecule has 1 atom stereocenters. The monoisotopic (exact) mass is 391 g/mol. The molecule has 2 aromatic rings. The zero-order valence-corrected chi connectivity index (χ0v) is 16.7. The van der Waals surface area contributed by atoms with Crippen LogP contribution in [0.2, 0.25) is 0 Å². The lowest BCUT2D eigenvalue weighted by Gasteiger charge is -2.19. The molecule has 0 saturated carbocycles. The normalized spacial score (nSPS) is 16.3. The van der Waals surface area contributed by atoms with Crippen molar-refractivity contribution in [2.45, 2.75) is 32.7 Å². The Morgan fingerprint density at radius 3 is 2.34 bits per heavy atom. The molecule has 1 aliphatic rings. The van der Waals surface area contributed by atoms with E-state index in [0.29, 0.717) is 11.4 Å². The number of aryl methyl sites for hydroxylation is 2. The van der Waals surface area contributed by atoms with E-state index in [9.17, 15) is 14.4 Å². The highest BCUT2D eigenvalue weighted by Crippen LogP contribution is 2.27. The van der Waals surface area contributed by atoms with Gasteiger partial charge in [0.1, 0.15) is 6.04 Å². The summed E-state index contributed by atoms with van der Waals surface area (Å²) in [6.45, 7) is 7.85. The summed E-state index contributed by atoms with van der Waals surface area (Å²) >= 11 is 0. The molecule has 0 radical (unpaired) electrons. The highest BCUT2D eigenvalue weighted by Gasteiger charge is 2.46. The summed E-state index contributed by atoms with van der Waals surface area (Å²) in [5, 5.41) is 2.81. The van der Waals surface area contributed by atoms with Gasteiger partial charge in [0.25, 0.3) is 5.91 Å². The molecule has 1 saturated heterocycles. The topological polar surface area (TPSA) is 69.7 Å². The molecule has 29 heavy (non-hydrogen) atoms. The van der Waals surface area contributed by atoms with Gasteiger partial charge >= 0.3 is 6.03 Å². The molecule has 1 heterocycles. The minimum Gasteiger partial charge on any atom is -0.326 e. The summed E-state index contributed by atoms with van der Waals surface area (Å²) in [5.41, 5.74) is 3.36. The second kappa shape index (κ2) is 8.73. The minimum absolute atomic E-state index is 0.115. The van der Waals surface area contributed by atoms with Crippen LogP contribution in [-0.4, -0.2) is 35.3 Å². The lowest BCUT2D eigenvalue weighted by molar-refractivity contribution is -0.124. The molecule has 1 fully saturated rings. The van der Waals surface area contributed by atoms with Gasteiger partial charge in [-0.3, -0.25) is 9.59 Å². The van der Waals surface area contributed by atoms with Crippen molar-refractivity contribution in [1.29, 1.82) is 0 Å². The number of amides is 4. The maximum Gasteiger partial charge on any atom is 0.332 e. The lowest BCUT2D eigenvalue weighted by atomic mass is 10.1. The number of hydrogen-bond donors (Lipinski definition) is 1. The average Bonchev–Trinajstić information content (AvgIpc) is 2.94. The molecule has 1 N–H and O–H groups in total. The Morgan fingerprint density at radius 2 is 1.76 bits per heavy atom. The van der Waals surface area contributed by atoms with Gasteiger partial charge in [-0.1, -0.05) is 42.8 Å². The van der Waals surface area contributed by atoms with Crippen molar-refractivity contribution in [1.82, 2.24) is 4.90 Å². The first-order valence-corrected chi connectivity index (χ1v) is 9.65. The summed E-state index contributed by atoms with van der Waals surface area (Å²) in [6.07, 6.45) is 2.35. The number of rotatable bonds is 7. The van der Waals surface area contributed by atoms with Gasteiger partial charge in [0, 0.05) is 12.2 Å². The van der Waals surface area contributed by atoms with E-state index >= 15 is 0 Å². The molecule has 0 aromatic heterocycles. The van der Waals surface area contributed by atoms with E-state index in [0.717, 1.165) is 16.9 Å². The van der Waals surface area contributed by atoms with Crippen molar-refractivity contribution in [3.63, 3.8) is 0 Å². The predicted molar refractivity (Wildman–Crippen MR) is 114 cm³/mol. The Balaban J connectivity index is 1.77. The Hall–Kier alpha value is -3.41. The predicted octanol–water partition coefficient (Wildman–Crippen LogP) is 3.91. The summed E-state index contributed by atoms with van der Waals surface area (Å²) in [6, 6.07) is 13.4. The summed E-state index contributed by atoms with van der Waals surface area (Å²) in [7, 11) is 0. The van der Waals surface area contributed by atoms with Gasteiger partial charge in [-0.2, -0.15) is 0 Å². The van der Waals surface area contributed by atoms with Crippen molar-refractivity contribution in [2.75, 3.05) is 16.8 Å². The van der Waals surface area contributed by atoms with E-state index in [1.165, 1.54) is 10.5 Å². The number of carbonyl (C=O) groups is 3. The molecule has 2 aromatic carbocycles. The largest absolute Gasteiger partial charge is 0.332 e. The van der Waals surface area contributed by atoms with Crippen molar-refractivity contribution in [2.24, 2.45) is 0 Å². The maximum atomic E-state index is 13.0. The van der Waals surface area contributed by atoms with Crippen molar-refractivity contribution in [3.05, 3.63) is 72.3 Å². The molecule has 6 heteroatoms. The summed E-state index contributed by atoms with van der Waals surface area (Å²) in [4.78, 5) is 41.0. The van der Waals surface area contributed by atoms with Crippen LogP contribution >= 0.6 is 0 Å². The van der Waals surface area contributed by atoms with Crippen LogP contribution in [0.15, 0.2) is 61.2 Å². The van der Waals surface area contributed by atoms with Crippen LogP contribution in [0, 0.1) is 6.92 Å². The van der Waals surface area contributed by atoms with Crippen LogP contribution < -0.4 is 10.2 Å². The molecule has 150 valence electrons. The molecule has 6 nitrogen and oxygen atoms in total. The fourth-order valence-corrected chi connectivity index (χ4v) is 3.32. The zero-order valence-electron chi connectivity index (χ0n) is 16.7. The molecule has 1 aliphatic heterocycles. The molecular formula is C23H25N3O3. The molecule has 4 amide bonds. The van der Waals surface area contributed by atoms with Gasteiger partial charge in [-0.25, -0.2) is 9.69 Å². The number of nitrogens with zero attached hydrogens (tertiary/aromatic N) is 2. The second-order valence-corrected chi connectivity index (χ2v) is 7.05. The molecule has 0 aliphatic carbocycles. The number of urea groups is 1. The van der Waals surface area contributed by atoms with Crippen LogP contribution in [0.25, 0.3) is 0 Å². The third kappa shape index (κ3) is 4.37. The number of hydrogen-bond acceptors (Lipinski definition) is 3. The fraction of sp³-hybridized carbons (Fsp3) is 0.261. The standard InChI is InChI=1S/C23H25N3O3/c1-4-14-25-20(15-21(27)24-18-10-8-17(5-2)9-11-18)22(28)26(23(25)29)19-12-6-16(3)7-13-19/h4,6-13,20H,1,5,14-15H2,2-3H3,(H,24,27)/t20-/m1/s1. The number of imide groups is 1. The molecule has 0 spiro atoms. The Kier molecular flexibility index (Phi) is 6.12. The van der Waals surface area contributed by atoms with E-state index in [2.05, 4.69) is 18.8 Å². The first kappa shape index (κ1) is 20.3. The van der Waals surface area contributed by atoms with E-state index in [-0.39, 0.29) is 18.9 Å². The summed E-state index contributed by atoms with van der Waals surface area (Å²) in [5.74, 6) is -0.725. The first-order valence-electron chi connectivity index (χ1n) is 9.65. The van der Waals surface area contributed by atoms with Crippen LogP contribution in [0.3, 0.4) is 0 Å². The van der Waals surface area contributed by atoms with Crippen LogP contribution in [-0.2, 0) is 16.0 Å². The van der Waals surface area contributed by atoms with Crippen molar-refractivity contribution in [3.8, 4) is 0 Å². The van der Waals surface area contributed by atoms with Crippen LogP contribution in [0.5, 0.6) is 0 Å². The third-order valence-electron chi connectivity index (χ3n) is 4.96. The van der Waals surface area contributed by atoms with Crippen LogP contribution in [0.4, 0.5) is 16.2 Å². The van der Waals surface area contributed by atoms with Gasteiger partial charge < -0.3 is 10.2 Å². The maximum absolute atomic E-state index is 13.0. The molecular weight excluding hydrogens is 366 g/mol. The fourth-order valence-electron chi connectivity index (χ4n) is 3.32. The number of nitrogens with one attached hydrogen (secondary N) is 1. The molecule has 3 rings (SSSR count). The number of anilines is 2. The lowest BCUT2D eigenvalue weighted by Crippen LogP contribution is -2.38. The van der Waals surface area contributed by atoms with Gasteiger partial charge in [0.05, 0.1) is 12.1 Å². The minimum atomic E-state index is -0.864. The Labute approximate surface area is 170 Å².